The van der Waals surface area contributed by atoms with E-state index in [1.54, 1.807) is 11.8 Å². The average molecular weight is 266 g/mol. The van der Waals surface area contributed by atoms with Crippen LogP contribution >= 0.6 is 11.8 Å². The van der Waals surface area contributed by atoms with Crippen molar-refractivity contribution < 1.29 is 4.74 Å². The summed E-state index contributed by atoms with van der Waals surface area (Å²) < 4.78 is 7.06. The van der Waals surface area contributed by atoms with Gasteiger partial charge in [0.15, 0.2) is 16.6 Å². The van der Waals surface area contributed by atoms with E-state index in [1.165, 1.54) is 18.1 Å². The molecule has 0 amide bonds. The third kappa shape index (κ3) is 2.39. The monoisotopic (exact) mass is 266 g/mol. The minimum absolute atomic E-state index is 0.453. The number of hydrazine groups is 1. The highest BCUT2D eigenvalue weighted by molar-refractivity contribution is 7.99. The molecule has 0 radical (unpaired) electrons. The summed E-state index contributed by atoms with van der Waals surface area (Å²) in [5, 5.41) is 5.93. The number of hydrogen-bond donors (Lipinski definition) is 2. The van der Waals surface area contributed by atoms with Crippen LogP contribution in [0.15, 0.2) is 22.4 Å². The molecule has 0 aliphatic carbocycles. The number of hydrogen-bond acceptors (Lipinski definition) is 7. The Morgan fingerprint density at radius 1 is 1.44 bits per heavy atom. The molecule has 0 saturated heterocycles. The predicted octanol–water partition coefficient (Wildman–Crippen LogP) is 0.964. The van der Waals surface area contributed by atoms with Crippen molar-refractivity contribution in [3.8, 4) is 5.75 Å². The maximum Gasteiger partial charge on any atom is 0.195 e. The third-order valence-electron chi connectivity index (χ3n) is 2.27. The second kappa shape index (κ2) is 5.23. The van der Waals surface area contributed by atoms with E-state index in [0.29, 0.717) is 16.6 Å². The molecular weight excluding hydrogens is 252 g/mol. The number of anilines is 1. The zero-order valence-corrected chi connectivity index (χ0v) is 11.2. The molecule has 0 saturated carbocycles. The van der Waals surface area contributed by atoms with Gasteiger partial charge < -0.3 is 10.2 Å². The van der Waals surface area contributed by atoms with Crippen molar-refractivity contribution in [2.75, 3.05) is 12.5 Å². The Morgan fingerprint density at radius 3 is 2.78 bits per heavy atom. The van der Waals surface area contributed by atoms with Gasteiger partial charge in [0, 0.05) is 7.05 Å². The van der Waals surface area contributed by atoms with E-state index in [0.717, 1.165) is 10.7 Å². The molecule has 96 valence electrons. The predicted molar refractivity (Wildman–Crippen MR) is 68.5 cm³/mol. The van der Waals surface area contributed by atoms with Crippen LogP contribution in [0.4, 0.5) is 5.82 Å². The summed E-state index contributed by atoms with van der Waals surface area (Å²) in [5.41, 5.74) is 3.43. The van der Waals surface area contributed by atoms with Crippen LogP contribution in [-0.2, 0) is 7.05 Å². The Balaban J connectivity index is 2.37. The molecule has 2 heterocycles. The number of aromatic nitrogens is 4. The molecule has 0 aromatic carbocycles. The second-order valence-corrected chi connectivity index (χ2v) is 4.56. The molecule has 18 heavy (non-hydrogen) atoms. The first kappa shape index (κ1) is 12.7. The molecule has 8 heteroatoms. The van der Waals surface area contributed by atoms with Crippen LogP contribution in [0.25, 0.3) is 0 Å². The Hall–Kier alpha value is -1.80. The van der Waals surface area contributed by atoms with Crippen molar-refractivity contribution in [3.05, 3.63) is 18.1 Å². The van der Waals surface area contributed by atoms with Crippen LogP contribution in [0.1, 0.15) is 5.69 Å². The minimum Gasteiger partial charge on any atom is -0.490 e. The number of nitrogens with two attached hydrogens (primary N) is 1. The molecule has 2 rings (SSSR count). The minimum atomic E-state index is 0.453. The fourth-order valence-electron chi connectivity index (χ4n) is 1.50. The van der Waals surface area contributed by atoms with E-state index in [2.05, 4.69) is 20.5 Å². The molecule has 7 nitrogen and oxygen atoms in total. The molecule has 0 atom stereocenters. The Labute approximate surface area is 109 Å². The standard InChI is InChI=1S/C10H14N6OS/c1-6-4-7(16(2)15-6)18-10-8(17-3)9(14-11)12-5-13-10/h4-5H,11H2,1-3H3,(H,12,13,14). The van der Waals surface area contributed by atoms with Crippen molar-refractivity contribution >= 4 is 17.6 Å². The maximum absolute atomic E-state index is 5.38. The molecule has 0 spiro atoms. The van der Waals surface area contributed by atoms with Gasteiger partial charge in [0.1, 0.15) is 11.4 Å². The Kier molecular flexibility index (Phi) is 3.68. The highest BCUT2D eigenvalue weighted by Crippen LogP contribution is 2.36. The van der Waals surface area contributed by atoms with Crippen LogP contribution in [0, 0.1) is 6.92 Å². The van der Waals surface area contributed by atoms with Gasteiger partial charge in [-0.05, 0) is 24.8 Å². The van der Waals surface area contributed by atoms with Crippen LogP contribution in [0.3, 0.4) is 0 Å². The topological polar surface area (TPSA) is 90.9 Å². The summed E-state index contributed by atoms with van der Waals surface area (Å²) in [5.74, 6) is 6.35. The Bertz CT molecular complexity index is 555. The molecule has 2 aromatic heterocycles. The third-order valence-corrected chi connectivity index (χ3v) is 3.35. The lowest BCUT2D eigenvalue weighted by Gasteiger charge is -2.10. The van der Waals surface area contributed by atoms with Crippen molar-refractivity contribution in [3.63, 3.8) is 0 Å². The molecular formula is C10H14N6OS. The SMILES string of the molecule is COc1c(NN)ncnc1Sc1cc(C)nn1C. The quantitative estimate of drug-likeness (QED) is 0.484. The molecule has 0 aliphatic rings. The first-order valence-electron chi connectivity index (χ1n) is 5.19. The van der Waals surface area contributed by atoms with Gasteiger partial charge in [-0.3, -0.25) is 4.68 Å². The van der Waals surface area contributed by atoms with E-state index in [-0.39, 0.29) is 0 Å². The molecule has 0 bridgehead atoms. The van der Waals surface area contributed by atoms with Crippen molar-refractivity contribution in [1.29, 1.82) is 0 Å². The number of nitrogens with one attached hydrogen (secondary N) is 1. The first-order valence-corrected chi connectivity index (χ1v) is 6.01. The zero-order valence-electron chi connectivity index (χ0n) is 10.3. The summed E-state index contributed by atoms with van der Waals surface area (Å²) >= 11 is 1.44. The maximum atomic E-state index is 5.38. The van der Waals surface area contributed by atoms with Gasteiger partial charge >= 0.3 is 0 Å². The number of ether oxygens (including phenoxy) is 1. The van der Waals surface area contributed by atoms with Crippen molar-refractivity contribution in [1.82, 2.24) is 19.7 Å². The summed E-state index contributed by atoms with van der Waals surface area (Å²) in [6.07, 6.45) is 1.43. The van der Waals surface area contributed by atoms with Crippen LogP contribution < -0.4 is 16.0 Å². The molecule has 0 fully saturated rings. The van der Waals surface area contributed by atoms with Crippen molar-refractivity contribution in [2.45, 2.75) is 17.0 Å². The molecule has 0 aliphatic heterocycles. The number of nitrogen functional groups attached to an aromatic ring is 1. The summed E-state index contributed by atoms with van der Waals surface area (Å²) in [7, 11) is 3.43. The smallest absolute Gasteiger partial charge is 0.195 e. The van der Waals surface area contributed by atoms with Gasteiger partial charge in [0.25, 0.3) is 0 Å². The lowest BCUT2D eigenvalue weighted by Crippen LogP contribution is -2.10. The lowest BCUT2D eigenvalue weighted by molar-refractivity contribution is 0.400. The van der Waals surface area contributed by atoms with Gasteiger partial charge in [0.2, 0.25) is 0 Å². The van der Waals surface area contributed by atoms with Crippen LogP contribution in [0.2, 0.25) is 0 Å². The normalized spacial score (nSPS) is 10.4. The average Bonchev–Trinajstić information content (AvgIpc) is 2.67. The first-order chi connectivity index (χ1) is 8.65. The summed E-state index contributed by atoms with van der Waals surface area (Å²) in [6, 6.07) is 1.97. The number of nitrogens with zero attached hydrogens (tertiary/aromatic N) is 4. The van der Waals surface area contributed by atoms with E-state index in [9.17, 15) is 0 Å². The van der Waals surface area contributed by atoms with Gasteiger partial charge in [-0.15, -0.1) is 0 Å². The highest BCUT2D eigenvalue weighted by atomic mass is 32.2. The fourth-order valence-corrected chi connectivity index (χ4v) is 2.47. The van der Waals surface area contributed by atoms with Gasteiger partial charge in [0.05, 0.1) is 12.8 Å². The van der Waals surface area contributed by atoms with Gasteiger partial charge in [-0.1, -0.05) is 0 Å². The number of rotatable bonds is 4. The highest BCUT2D eigenvalue weighted by Gasteiger charge is 2.14. The second-order valence-electron chi connectivity index (χ2n) is 3.55. The molecule has 0 unspecified atom stereocenters. The zero-order chi connectivity index (χ0) is 13.1. The number of methoxy groups -OCH3 is 1. The number of aryl methyl sites for hydroxylation is 2. The summed E-state index contributed by atoms with van der Waals surface area (Å²) in [6.45, 7) is 1.94. The lowest BCUT2D eigenvalue weighted by atomic mass is 10.5. The fraction of sp³-hybridized carbons (Fsp3) is 0.300. The summed E-state index contributed by atoms with van der Waals surface area (Å²) in [4.78, 5) is 8.18. The molecule has 3 N–H and O–H groups in total. The van der Waals surface area contributed by atoms with Crippen LogP contribution in [-0.4, -0.2) is 26.9 Å². The van der Waals surface area contributed by atoms with E-state index in [4.69, 9.17) is 10.6 Å². The van der Waals surface area contributed by atoms with Gasteiger partial charge in [-0.2, -0.15) is 5.10 Å². The van der Waals surface area contributed by atoms with Crippen molar-refractivity contribution in [2.24, 2.45) is 12.9 Å². The van der Waals surface area contributed by atoms with E-state index in [1.807, 2.05) is 20.0 Å². The van der Waals surface area contributed by atoms with E-state index >= 15 is 0 Å². The van der Waals surface area contributed by atoms with Gasteiger partial charge in [-0.25, -0.2) is 15.8 Å². The van der Waals surface area contributed by atoms with Crippen LogP contribution in [0.5, 0.6) is 5.75 Å². The molecule has 2 aromatic rings. The van der Waals surface area contributed by atoms with E-state index < -0.39 is 0 Å². The largest absolute Gasteiger partial charge is 0.490 e. The Morgan fingerprint density at radius 2 is 2.22 bits per heavy atom.